The van der Waals surface area contributed by atoms with Gasteiger partial charge in [-0.3, -0.25) is 9.69 Å². The first kappa shape index (κ1) is 16.4. The van der Waals surface area contributed by atoms with Crippen LogP contribution < -0.4 is 5.32 Å². The Morgan fingerprint density at radius 2 is 1.79 bits per heavy atom. The van der Waals surface area contributed by atoms with Crippen LogP contribution in [0, 0.1) is 0 Å². The van der Waals surface area contributed by atoms with Gasteiger partial charge in [0, 0.05) is 25.2 Å². The predicted molar refractivity (Wildman–Crippen MR) is 75.4 cm³/mol. The molecule has 0 aromatic carbocycles. The number of carbonyl (C=O) groups excluding carboxylic acids is 1. The Balaban J connectivity index is 2.48. The first-order valence-electron chi connectivity index (χ1n) is 6.56. The van der Waals surface area contributed by atoms with Crippen LogP contribution in [-0.2, 0) is 14.8 Å². The fraction of sp³-hybridized carbons (Fsp3) is 0.917. The summed E-state index contributed by atoms with van der Waals surface area (Å²) in [6.45, 7) is 8.51. The standard InChI is InChI=1S/C12H25N3O3S/c1-12(2,3)13-11(16)10-14-6-5-7-15(9-8-14)19(4,17)18/h5-10H2,1-4H3,(H,13,16). The van der Waals surface area contributed by atoms with E-state index in [1.807, 2.05) is 25.7 Å². The molecule has 1 aliphatic rings. The minimum absolute atomic E-state index is 0.0136. The molecule has 1 heterocycles. The number of nitrogens with one attached hydrogen (secondary N) is 1. The summed E-state index contributed by atoms with van der Waals surface area (Å²) in [4.78, 5) is 13.8. The lowest BCUT2D eigenvalue weighted by molar-refractivity contribution is -0.123. The van der Waals surface area contributed by atoms with Crippen LogP contribution in [0.4, 0.5) is 0 Å². The molecule has 112 valence electrons. The van der Waals surface area contributed by atoms with E-state index in [4.69, 9.17) is 0 Å². The quantitative estimate of drug-likeness (QED) is 0.786. The number of amides is 1. The van der Waals surface area contributed by atoms with Crippen LogP contribution in [0.2, 0.25) is 0 Å². The Labute approximate surface area is 116 Å². The Morgan fingerprint density at radius 1 is 1.16 bits per heavy atom. The number of nitrogens with zero attached hydrogens (tertiary/aromatic N) is 2. The van der Waals surface area contributed by atoms with E-state index in [2.05, 4.69) is 5.32 Å². The highest BCUT2D eigenvalue weighted by Crippen LogP contribution is 2.07. The van der Waals surface area contributed by atoms with Crippen molar-refractivity contribution in [1.29, 1.82) is 0 Å². The Morgan fingerprint density at radius 3 is 2.32 bits per heavy atom. The second-order valence-electron chi connectivity index (χ2n) is 6.09. The number of sulfonamides is 1. The van der Waals surface area contributed by atoms with Crippen LogP contribution >= 0.6 is 0 Å². The van der Waals surface area contributed by atoms with Crippen molar-refractivity contribution in [3.8, 4) is 0 Å². The van der Waals surface area contributed by atoms with Crippen molar-refractivity contribution in [2.24, 2.45) is 0 Å². The van der Waals surface area contributed by atoms with Crippen molar-refractivity contribution in [3.05, 3.63) is 0 Å². The molecule has 1 N–H and O–H groups in total. The molecule has 19 heavy (non-hydrogen) atoms. The van der Waals surface area contributed by atoms with Gasteiger partial charge in [0.05, 0.1) is 12.8 Å². The van der Waals surface area contributed by atoms with Gasteiger partial charge in [-0.2, -0.15) is 0 Å². The maximum absolute atomic E-state index is 11.8. The number of hydrogen-bond acceptors (Lipinski definition) is 4. The molecule has 7 heteroatoms. The zero-order valence-corrected chi connectivity index (χ0v) is 13.1. The van der Waals surface area contributed by atoms with Gasteiger partial charge < -0.3 is 5.32 Å². The van der Waals surface area contributed by atoms with Gasteiger partial charge in [-0.1, -0.05) is 0 Å². The zero-order chi connectivity index (χ0) is 14.7. The van der Waals surface area contributed by atoms with Gasteiger partial charge in [0.15, 0.2) is 0 Å². The van der Waals surface area contributed by atoms with Crippen LogP contribution in [0.5, 0.6) is 0 Å². The highest BCUT2D eigenvalue weighted by Gasteiger charge is 2.23. The average molecular weight is 291 g/mol. The van der Waals surface area contributed by atoms with Gasteiger partial charge >= 0.3 is 0 Å². The Kier molecular flexibility index (Phi) is 5.34. The third kappa shape index (κ3) is 6.35. The summed E-state index contributed by atoms with van der Waals surface area (Å²) in [5.74, 6) is -0.0136. The summed E-state index contributed by atoms with van der Waals surface area (Å²) < 4.78 is 24.4. The number of hydrogen-bond donors (Lipinski definition) is 1. The van der Waals surface area contributed by atoms with Gasteiger partial charge in [-0.15, -0.1) is 0 Å². The van der Waals surface area contributed by atoms with Gasteiger partial charge in [-0.25, -0.2) is 12.7 Å². The third-order valence-electron chi connectivity index (χ3n) is 2.90. The zero-order valence-electron chi connectivity index (χ0n) is 12.3. The molecular formula is C12H25N3O3S. The normalized spacial score (nSPS) is 20.0. The lowest BCUT2D eigenvalue weighted by Gasteiger charge is -2.24. The molecule has 1 amide bonds. The summed E-state index contributed by atoms with van der Waals surface area (Å²) in [6.07, 6.45) is 1.99. The van der Waals surface area contributed by atoms with E-state index in [-0.39, 0.29) is 11.4 Å². The lowest BCUT2D eigenvalue weighted by atomic mass is 10.1. The maximum atomic E-state index is 11.8. The molecule has 0 aromatic rings. The molecule has 0 spiro atoms. The first-order valence-corrected chi connectivity index (χ1v) is 8.41. The minimum atomic E-state index is -3.12. The topological polar surface area (TPSA) is 69.7 Å². The monoisotopic (exact) mass is 291 g/mol. The molecule has 0 aliphatic carbocycles. The average Bonchev–Trinajstić information content (AvgIpc) is 2.38. The van der Waals surface area contributed by atoms with Crippen molar-refractivity contribution >= 4 is 15.9 Å². The van der Waals surface area contributed by atoms with Gasteiger partial charge in [-0.05, 0) is 33.7 Å². The van der Waals surface area contributed by atoms with Gasteiger partial charge in [0.2, 0.25) is 15.9 Å². The molecule has 0 saturated carbocycles. The molecule has 1 rings (SSSR count). The van der Waals surface area contributed by atoms with Crippen molar-refractivity contribution in [1.82, 2.24) is 14.5 Å². The molecule has 0 bridgehead atoms. The molecular weight excluding hydrogens is 266 g/mol. The molecule has 0 atom stereocenters. The fourth-order valence-electron chi connectivity index (χ4n) is 2.10. The van der Waals surface area contributed by atoms with E-state index in [1.165, 1.54) is 10.6 Å². The smallest absolute Gasteiger partial charge is 0.234 e. The second kappa shape index (κ2) is 6.19. The lowest BCUT2D eigenvalue weighted by Crippen LogP contribution is -2.46. The molecule has 1 aliphatic heterocycles. The van der Waals surface area contributed by atoms with Crippen molar-refractivity contribution in [2.75, 3.05) is 39.0 Å². The highest BCUT2D eigenvalue weighted by molar-refractivity contribution is 7.88. The van der Waals surface area contributed by atoms with Gasteiger partial charge in [0.25, 0.3) is 0 Å². The summed E-state index contributed by atoms with van der Waals surface area (Å²) in [7, 11) is -3.12. The van der Waals surface area contributed by atoms with Crippen molar-refractivity contribution in [2.45, 2.75) is 32.7 Å². The molecule has 1 saturated heterocycles. The summed E-state index contributed by atoms with van der Waals surface area (Å²) in [5.41, 5.74) is -0.234. The first-order chi connectivity index (χ1) is 8.58. The number of carbonyl (C=O) groups is 1. The van der Waals surface area contributed by atoms with E-state index in [0.717, 1.165) is 13.0 Å². The van der Waals surface area contributed by atoms with E-state index in [0.29, 0.717) is 26.2 Å². The molecule has 0 aromatic heterocycles. The van der Waals surface area contributed by atoms with Crippen LogP contribution in [0.15, 0.2) is 0 Å². The summed E-state index contributed by atoms with van der Waals surface area (Å²) >= 11 is 0. The maximum Gasteiger partial charge on any atom is 0.234 e. The minimum Gasteiger partial charge on any atom is -0.350 e. The number of rotatable bonds is 3. The van der Waals surface area contributed by atoms with Crippen molar-refractivity contribution < 1.29 is 13.2 Å². The largest absolute Gasteiger partial charge is 0.350 e. The van der Waals surface area contributed by atoms with E-state index in [1.54, 1.807) is 0 Å². The fourth-order valence-corrected chi connectivity index (χ4v) is 2.97. The van der Waals surface area contributed by atoms with Gasteiger partial charge in [0.1, 0.15) is 0 Å². The van der Waals surface area contributed by atoms with Crippen LogP contribution in [-0.4, -0.2) is 68.0 Å². The molecule has 6 nitrogen and oxygen atoms in total. The predicted octanol–water partition coefficient (Wildman–Crippen LogP) is -0.132. The SMILES string of the molecule is CC(C)(C)NC(=O)CN1CCCN(S(C)(=O)=O)CC1. The van der Waals surface area contributed by atoms with Crippen LogP contribution in [0.3, 0.4) is 0 Å². The van der Waals surface area contributed by atoms with Crippen LogP contribution in [0.1, 0.15) is 27.2 Å². The molecule has 0 unspecified atom stereocenters. The van der Waals surface area contributed by atoms with E-state index < -0.39 is 10.0 Å². The van der Waals surface area contributed by atoms with Crippen molar-refractivity contribution in [3.63, 3.8) is 0 Å². The van der Waals surface area contributed by atoms with E-state index in [9.17, 15) is 13.2 Å². The Bertz CT molecular complexity index is 414. The highest BCUT2D eigenvalue weighted by atomic mass is 32.2. The summed E-state index contributed by atoms with van der Waals surface area (Å²) in [5, 5.41) is 2.92. The third-order valence-corrected chi connectivity index (χ3v) is 4.20. The second-order valence-corrected chi connectivity index (χ2v) is 8.07. The molecule has 0 radical (unpaired) electrons. The van der Waals surface area contributed by atoms with E-state index >= 15 is 0 Å². The molecule has 1 fully saturated rings. The summed E-state index contributed by atoms with van der Waals surface area (Å²) in [6, 6.07) is 0. The van der Waals surface area contributed by atoms with Crippen LogP contribution in [0.25, 0.3) is 0 Å². The Hall–Kier alpha value is -0.660.